The van der Waals surface area contributed by atoms with Crippen molar-refractivity contribution in [3.8, 4) is 16.9 Å². The largest absolute Gasteiger partial charge is 0.495 e. The minimum atomic E-state index is -4.39. The third kappa shape index (κ3) is 4.64. The summed E-state index contributed by atoms with van der Waals surface area (Å²) < 4.78 is 49.8. The molecule has 2 heterocycles. The zero-order valence-corrected chi connectivity index (χ0v) is 20.8. The molecule has 0 aliphatic heterocycles. The molecule has 5 rings (SSSR count). The summed E-state index contributed by atoms with van der Waals surface area (Å²) in [5, 5.41) is 0.983. The number of fused-ring (bicyclic) bond motifs is 1. The van der Waals surface area contributed by atoms with Crippen LogP contribution in [0.5, 0.6) is 5.75 Å². The van der Waals surface area contributed by atoms with Gasteiger partial charge in [-0.2, -0.15) is 4.31 Å². The molecular weight excluding hydrogens is 519 g/mol. The Morgan fingerprint density at radius 3 is 2.41 bits per heavy atom. The number of benzene rings is 3. The van der Waals surface area contributed by atoms with Gasteiger partial charge in [0.25, 0.3) is 10.0 Å². The Balaban J connectivity index is 1.71. The number of hydrogen-bond acceptors (Lipinski definition) is 6. The molecule has 0 aliphatic carbocycles. The topological polar surface area (TPSA) is 105 Å². The van der Waals surface area contributed by atoms with Crippen molar-refractivity contribution in [3.05, 3.63) is 106 Å². The lowest BCUT2D eigenvalue weighted by atomic mass is 10.0. The first-order chi connectivity index (χ1) is 17.8. The molecule has 0 fully saturated rings. The summed E-state index contributed by atoms with van der Waals surface area (Å²) in [5.41, 5.74) is 0.748. The molecule has 0 atom stereocenters. The van der Waals surface area contributed by atoms with E-state index in [0.29, 0.717) is 21.5 Å². The predicted octanol–water partition coefficient (Wildman–Crippen LogP) is 5.31. The number of aromatic nitrogens is 3. The summed E-state index contributed by atoms with van der Waals surface area (Å²) in [6, 6.07) is 17.6. The molecule has 0 spiro atoms. The monoisotopic (exact) mass is 536 g/mol. The van der Waals surface area contributed by atoms with E-state index in [1.165, 1.54) is 62.0 Å². The number of sulfonamides is 1. The molecule has 0 bridgehead atoms. The van der Waals surface area contributed by atoms with Gasteiger partial charge in [-0.25, -0.2) is 22.8 Å². The van der Waals surface area contributed by atoms with Crippen LogP contribution in [0.25, 0.3) is 22.0 Å². The lowest BCUT2D eigenvalue weighted by Gasteiger charge is -2.25. The molecule has 8 nitrogen and oxygen atoms in total. The van der Waals surface area contributed by atoms with Gasteiger partial charge in [-0.15, -0.1) is 0 Å². The lowest BCUT2D eigenvalue weighted by molar-refractivity contribution is 0.415. The zero-order chi connectivity index (χ0) is 26.2. The summed E-state index contributed by atoms with van der Waals surface area (Å²) in [6.45, 7) is 0. The van der Waals surface area contributed by atoms with Crippen LogP contribution < -0.4 is 14.6 Å². The first-order valence-electron chi connectivity index (χ1n) is 10.9. The van der Waals surface area contributed by atoms with Crippen molar-refractivity contribution in [2.45, 2.75) is 4.90 Å². The fraction of sp³-hybridized carbons (Fsp3) is 0.0385. The summed E-state index contributed by atoms with van der Waals surface area (Å²) in [6.07, 6.45) is 2.75. The molecule has 0 amide bonds. The Kier molecular flexibility index (Phi) is 6.36. The number of rotatable bonds is 6. The van der Waals surface area contributed by atoms with Crippen LogP contribution in [0.15, 0.2) is 94.9 Å². The third-order valence-corrected chi connectivity index (χ3v) is 7.55. The minimum absolute atomic E-state index is 0.0764. The van der Waals surface area contributed by atoms with E-state index in [1.54, 1.807) is 24.3 Å². The van der Waals surface area contributed by atoms with Gasteiger partial charge in [-0.3, -0.25) is 4.79 Å². The van der Waals surface area contributed by atoms with E-state index in [1.807, 2.05) is 0 Å². The molecule has 0 aliphatic rings. The van der Waals surface area contributed by atoms with Crippen molar-refractivity contribution in [2.75, 3.05) is 11.4 Å². The van der Waals surface area contributed by atoms with E-state index < -0.39 is 15.8 Å². The average molecular weight is 537 g/mol. The first-order valence-corrected chi connectivity index (χ1v) is 12.7. The van der Waals surface area contributed by atoms with Gasteiger partial charge in [-0.05, 0) is 59.5 Å². The number of hydrogen-bond donors (Lipinski definition) is 1. The Labute approximate surface area is 216 Å². The summed E-state index contributed by atoms with van der Waals surface area (Å²) in [4.78, 5) is 22.4. The molecule has 5 aromatic rings. The highest BCUT2D eigenvalue weighted by Crippen LogP contribution is 2.41. The Hall–Kier alpha value is -4.28. The number of halogens is 2. The zero-order valence-electron chi connectivity index (χ0n) is 19.2. The van der Waals surface area contributed by atoms with Crippen LogP contribution in [0, 0.1) is 5.82 Å². The van der Waals surface area contributed by atoms with Crippen molar-refractivity contribution >= 4 is 44.2 Å². The smallest absolute Gasteiger partial charge is 0.271 e. The standard InChI is InChI=1S/C26H18ClFN4O4S/c1-36-24-14-20(16-3-6-18(27)7-4-16)21(28)15-23(24)32(26-29-11-2-12-30-26)37(34,35)19-8-9-22-17(13-19)5-10-25(33)31-22/h2-15H,1H3,(H,31,33). The Bertz CT molecular complexity index is 1780. The van der Waals surface area contributed by atoms with Gasteiger partial charge in [0.1, 0.15) is 17.3 Å². The van der Waals surface area contributed by atoms with Gasteiger partial charge in [0, 0.05) is 40.6 Å². The maximum absolute atomic E-state index is 15.5. The maximum atomic E-state index is 15.5. The third-order valence-electron chi connectivity index (χ3n) is 5.61. The highest BCUT2D eigenvalue weighted by molar-refractivity contribution is 7.93. The molecular formula is C26H18ClFN4O4S. The van der Waals surface area contributed by atoms with Gasteiger partial charge in [0.2, 0.25) is 11.5 Å². The number of nitrogens with zero attached hydrogens (tertiary/aromatic N) is 3. The maximum Gasteiger partial charge on any atom is 0.271 e. The first kappa shape index (κ1) is 24.4. The molecule has 37 heavy (non-hydrogen) atoms. The second-order valence-electron chi connectivity index (χ2n) is 7.90. The highest BCUT2D eigenvalue weighted by atomic mass is 35.5. The van der Waals surface area contributed by atoms with E-state index >= 15 is 4.39 Å². The van der Waals surface area contributed by atoms with Crippen LogP contribution in [0.1, 0.15) is 0 Å². The van der Waals surface area contributed by atoms with Crippen molar-refractivity contribution in [2.24, 2.45) is 0 Å². The second-order valence-corrected chi connectivity index (χ2v) is 10.1. The van der Waals surface area contributed by atoms with E-state index in [-0.39, 0.29) is 33.4 Å². The van der Waals surface area contributed by atoms with Gasteiger partial charge < -0.3 is 9.72 Å². The van der Waals surface area contributed by atoms with Crippen LogP contribution >= 0.6 is 11.6 Å². The highest BCUT2D eigenvalue weighted by Gasteiger charge is 2.32. The molecule has 0 saturated heterocycles. The predicted molar refractivity (Wildman–Crippen MR) is 139 cm³/mol. The van der Waals surface area contributed by atoms with Gasteiger partial charge in [-0.1, -0.05) is 23.7 Å². The van der Waals surface area contributed by atoms with Crippen molar-refractivity contribution in [1.82, 2.24) is 15.0 Å². The van der Waals surface area contributed by atoms with Crippen LogP contribution in [0.2, 0.25) is 5.02 Å². The summed E-state index contributed by atoms with van der Waals surface area (Å²) in [5.74, 6) is -0.821. The fourth-order valence-electron chi connectivity index (χ4n) is 3.85. The SMILES string of the molecule is COc1cc(-c2ccc(Cl)cc2)c(F)cc1N(c1ncccn1)S(=O)(=O)c1ccc2[nH]c(=O)ccc2c1. The van der Waals surface area contributed by atoms with Crippen molar-refractivity contribution in [1.29, 1.82) is 0 Å². The van der Waals surface area contributed by atoms with Crippen molar-refractivity contribution < 1.29 is 17.5 Å². The molecule has 2 aromatic heterocycles. The molecule has 3 aromatic carbocycles. The summed E-state index contributed by atoms with van der Waals surface area (Å²) >= 11 is 5.96. The molecule has 0 unspecified atom stereocenters. The van der Waals surface area contributed by atoms with Gasteiger partial charge >= 0.3 is 0 Å². The van der Waals surface area contributed by atoms with Gasteiger partial charge in [0.15, 0.2) is 0 Å². The molecule has 1 N–H and O–H groups in total. The molecule has 0 radical (unpaired) electrons. The van der Waals surface area contributed by atoms with E-state index in [2.05, 4.69) is 15.0 Å². The number of ether oxygens (including phenoxy) is 1. The summed E-state index contributed by atoms with van der Waals surface area (Å²) in [7, 11) is -3.04. The Morgan fingerprint density at radius 2 is 1.70 bits per heavy atom. The molecule has 186 valence electrons. The van der Waals surface area contributed by atoms with Gasteiger partial charge in [0.05, 0.1) is 12.0 Å². The minimum Gasteiger partial charge on any atom is -0.495 e. The quantitative estimate of drug-likeness (QED) is 0.315. The van der Waals surface area contributed by atoms with Crippen LogP contribution in [0.3, 0.4) is 0 Å². The lowest BCUT2D eigenvalue weighted by Crippen LogP contribution is -2.28. The number of anilines is 2. The van der Waals surface area contributed by atoms with E-state index in [0.717, 1.165) is 10.4 Å². The second kappa shape index (κ2) is 9.64. The number of aromatic amines is 1. The molecule has 11 heteroatoms. The van der Waals surface area contributed by atoms with Crippen LogP contribution in [0.4, 0.5) is 16.0 Å². The number of H-pyrrole nitrogens is 1. The number of pyridine rings is 1. The normalized spacial score (nSPS) is 11.4. The van der Waals surface area contributed by atoms with Crippen LogP contribution in [-0.2, 0) is 10.0 Å². The van der Waals surface area contributed by atoms with Crippen molar-refractivity contribution in [3.63, 3.8) is 0 Å². The number of nitrogens with one attached hydrogen (secondary N) is 1. The Morgan fingerprint density at radius 1 is 0.973 bits per heavy atom. The van der Waals surface area contributed by atoms with Crippen LogP contribution in [-0.4, -0.2) is 30.5 Å². The van der Waals surface area contributed by atoms with E-state index in [9.17, 15) is 13.2 Å². The fourth-order valence-corrected chi connectivity index (χ4v) is 5.42. The molecule has 0 saturated carbocycles. The average Bonchev–Trinajstić information content (AvgIpc) is 2.90. The number of methoxy groups -OCH3 is 1. The van der Waals surface area contributed by atoms with E-state index in [4.69, 9.17) is 16.3 Å².